The minimum Gasteiger partial charge on any atom is -0.324 e. The van der Waals surface area contributed by atoms with Gasteiger partial charge in [0.25, 0.3) is 0 Å². The molecule has 5 heteroatoms. The number of rotatable bonds is 0. The molecule has 2 aromatic rings. The Labute approximate surface area is 104 Å². The minimum atomic E-state index is 0.339. The van der Waals surface area contributed by atoms with E-state index < -0.39 is 0 Å². The van der Waals surface area contributed by atoms with E-state index in [1.807, 2.05) is 6.20 Å². The van der Waals surface area contributed by atoms with E-state index in [0.717, 1.165) is 17.6 Å². The van der Waals surface area contributed by atoms with Crippen LogP contribution < -0.4 is 5.32 Å². The summed E-state index contributed by atoms with van der Waals surface area (Å²) in [4.78, 5) is 8.46. The molecule has 0 spiro atoms. The second kappa shape index (κ2) is 3.43. The highest BCUT2D eigenvalue weighted by atomic mass is 35.5. The van der Waals surface area contributed by atoms with Crippen molar-refractivity contribution in [2.45, 2.75) is 37.9 Å². The van der Waals surface area contributed by atoms with Gasteiger partial charge in [-0.2, -0.15) is 4.98 Å². The Morgan fingerprint density at radius 3 is 3.29 bits per heavy atom. The second-order valence-electron chi connectivity index (χ2n) is 4.91. The zero-order valence-corrected chi connectivity index (χ0v) is 10.1. The van der Waals surface area contributed by atoms with E-state index in [4.69, 9.17) is 11.6 Å². The molecule has 1 fully saturated rings. The van der Waals surface area contributed by atoms with Crippen LogP contribution in [0.4, 0.5) is 0 Å². The molecule has 4 rings (SSSR count). The second-order valence-corrected chi connectivity index (χ2v) is 5.25. The first kappa shape index (κ1) is 9.85. The fraction of sp³-hybridized carbons (Fsp3) is 0.500. The van der Waals surface area contributed by atoms with Gasteiger partial charge < -0.3 is 9.88 Å². The van der Waals surface area contributed by atoms with Crippen LogP contribution >= 0.6 is 11.6 Å². The molecule has 0 unspecified atom stereocenters. The van der Waals surface area contributed by atoms with Gasteiger partial charge in [0.15, 0.2) is 0 Å². The standard InChI is InChI=1S/C12H13ClN4/c13-12-15-5-7-4-8-6-14-9-2-1-3-10(9)17(8)11(7)16-12/h4-5,9-10,14H,1-3,6H2/t9-,10-/m0/s1. The smallest absolute Gasteiger partial charge is 0.224 e. The third-order valence-electron chi connectivity index (χ3n) is 3.98. The molecule has 2 aromatic heterocycles. The monoisotopic (exact) mass is 248 g/mol. The largest absolute Gasteiger partial charge is 0.324 e. The average molecular weight is 249 g/mol. The molecule has 2 aliphatic rings. The van der Waals surface area contributed by atoms with E-state index >= 15 is 0 Å². The van der Waals surface area contributed by atoms with Gasteiger partial charge in [-0.25, -0.2) is 4.98 Å². The van der Waals surface area contributed by atoms with Crippen LogP contribution in [0.15, 0.2) is 12.3 Å². The highest BCUT2D eigenvalue weighted by Gasteiger charge is 2.34. The summed E-state index contributed by atoms with van der Waals surface area (Å²) in [6, 6.07) is 3.32. The van der Waals surface area contributed by atoms with Crippen LogP contribution in [0.25, 0.3) is 11.0 Å². The van der Waals surface area contributed by atoms with Crippen LogP contribution in [-0.4, -0.2) is 20.6 Å². The lowest BCUT2D eigenvalue weighted by Crippen LogP contribution is -2.39. The summed E-state index contributed by atoms with van der Waals surface area (Å²) in [5.74, 6) is 0. The van der Waals surface area contributed by atoms with Gasteiger partial charge in [0.05, 0.1) is 6.04 Å². The Kier molecular flexibility index (Phi) is 1.99. The molecule has 2 atom stereocenters. The van der Waals surface area contributed by atoms with E-state index in [1.54, 1.807) is 0 Å². The van der Waals surface area contributed by atoms with E-state index in [9.17, 15) is 0 Å². The molecule has 1 aliphatic heterocycles. The van der Waals surface area contributed by atoms with E-state index in [-0.39, 0.29) is 0 Å². The summed E-state index contributed by atoms with van der Waals surface area (Å²) in [7, 11) is 0. The summed E-state index contributed by atoms with van der Waals surface area (Å²) in [5.41, 5.74) is 2.30. The highest BCUT2D eigenvalue weighted by Crippen LogP contribution is 2.37. The molecule has 0 saturated heterocycles. The van der Waals surface area contributed by atoms with Crippen molar-refractivity contribution in [3.05, 3.63) is 23.2 Å². The molecular formula is C12H13ClN4. The molecular weight excluding hydrogens is 236 g/mol. The van der Waals surface area contributed by atoms with Crippen molar-refractivity contribution in [3.63, 3.8) is 0 Å². The topological polar surface area (TPSA) is 42.7 Å². The summed E-state index contributed by atoms with van der Waals surface area (Å²) < 4.78 is 2.37. The molecule has 1 N–H and O–H groups in total. The van der Waals surface area contributed by atoms with Crippen molar-refractivity contribution < 1.29 is 0 Å². The van der Waals surface area contributed by atoms with Crippen molar-refractivity contribution in [1.82, 2.24) is 19.9 Å². The average Bonchev–Trinajstić information content (AvgIpc) is 2.90. The Morgan fingerprint density at radius 2 is 2.35 bits per heavy atom. The Balaban J connectivity index is 1.99. The lowest BCUT2D eigenvalue weighted by molar-refractivity contribution is 0.346. The zero-order valence-electron chi connectivity index (χ0n) is 9.36. The number of nitrogens with one attached hydrogen (secondary N) is 1. The van der Waals surface area contributed by atoms with Crippen molar-refractivity contribution in [2.24, 2.45) is 0 Å². The van der Waals surface area contributed by atoms with Gasteiger partial charge in [-0.3, -0.25) is 0 Å². The molecule has 0 bridgehead atoms. The summed E-state index contributed by atoms with van der Waals surface area (Å²) in [6.07, 6.45) is 5.61. The van der Waals surface area contributed by atoms with Crippen molar-refractivity contribution >= 4 is 22.6 Å². The summed E-state index contributed by atoms with van der Waals surface area (Å²) in [5, 5.41) is 5.05. The zero-order chi connectivity index (χ0) is 11.4. The summed E-state index contributed by atoms with van der Waals surface area (Å²) >= 11 is 5.91. The number of halogens is 1. The van der Waals surface area contributed by atoms with Gasteiger partial charge in [-0.05, 0) is 36.9 Å². The van der Waals surface area contributed by atoms with E-state index in [2.05, 4.69) is 25.9 Å². The first-order valence-electron chi connectivity index (χ1n) is 6.09. The Morgan fingerprint density at radius 1 is 1.41 bits per heavy atom. The lowest BCUT2D eigenvalue weighted by atomic mass is 10.1. The van der Waals surface area contributed by atoms with E-state index in [1.165, 1.54) is 25.0 Å². The molecule has 88 valence electrons. The number of aromatic nitrogens is 3. The normalized spacial score (nSPS) is 27.1. The summed E-state index contributed by atoms with van der Waals surface area (Å²) in [6.45, 7) is 0.926. The van der Waals surface area contributed by atoms with Gasteiger partial charge in [0.1, 0.15) is 5.65 Å². The first-order valence-corrected chi connectivity index (χ1v) is 6.46. The number of hydrogen-bond donors (Lipinski definition) is 1. The van der Waals surface area contributed by atoms with Gasteiger partial charge in [0, 0.05) is 29.9 Å². The van der Waals surface area contributed by atoms with Crippen LogP contribution in [-0.2, 0) is 6.54 Å². The Hall–Kier alpha value is -1.13. The molecule has 0 radical (unpaired) electrons. The number of fused-ring (bicyclic) bond motifs is 5. The quantitative estimate of drug-likeness (QED) is 0.728. The van der Waals surface area contributed by atoms with Crippen LogP contribution in [0.1, 0.15) is 31.0 Å². The van der Waals surface area contributed by atoms with Gasteiger partial charge in [-0.15, -0.1) is 0 Å². The number of hydrogen-bond acceptors (Lipinski definition) is 3. The molecule has 1 saturated carbocycles. The molecule has 0 aromatic carbocycles. The van der Waals surface area contributed by atoms with Gasteiger partial charge in [0.2, 0.25) is 5.28 Å². The number of nitrogens with zero attached hydrogens (tertiary/aromatic N) is 3. The first-order chi connectivity index (χ1) is 8.33. The SMILES string of the molecule is Clc1ncc2cc3n(c2n1)[C@H]1CCC[C@@H]1NC3. The fourth-order valence-electron chi connectivity index (χ4n) is 3.27. The van der Waals surface area contributed by atoms with Crippen LogP contribution in [0.2, 0.25) is 5.28 Å². The van der Waals surface area contributed by atoms with Gasteiger partial charge >= 0.3 is 0 Å². The highest BCUT2D eigenvalue weighted by molar-refractivity contribution is 6.28. The molecule has 3 heterocycles. The lowest BCUT2D eigenvalue weighted by Gasteiger charge is -2.30. The van der Waals surface area contributed by atoms with Crippen LogP contribution in [0, 0.1) is 0 Å². The van der Waals surface area contributed by atoms with E-state index in [0.29, 0.717) is 17.4 Å². The maximum atomic E-state index is 5.91. The minimum absolute atomic E-state index is 0.339. The van der Waals surface area contributed by atoms with Gasteiger partial charge in [-0.1, -0.05) is 0 Å². The Bertz CT molecular complexity index is 591. The molecule has 17 heavy (non-hydrogen) atoms. The third kappa shape index (κ3) is 1.34. The molecule has 0 amide bonds. The van der Waals surface area contributed by atoms with Crippen molar-refractivity contribution in [1.29, 1.82) is 0 Å². The van der Waals surface area contributed by atoms with Crippen molar-refractivity contribution in [2.75, 3.05) is 0 Å². The van der Waals surface area contributed by atoms with Crippen LogP contribution in [0.3, 0.4) is 0 Å². The maximum Gasteiger partial charge on any atom is 0.224 e. The third-order valence-corrected chi connectivity index (χ3v) is 4.16. The molecule has 4 nitrogen and oxygen atoms in total. The fourth-order valence-corrected chi connectivity index (χ4v) is 3.40. The van der Waals surface area contributed by atoms with Crippen LogP contribution in [0.5, 0.6) is 0 Å². The predicted octanol–water partition coefficient (Wildman–Crippen LogP) is 2.28. The maximum absolute atomic E-state index is 5.91. The predicted molar refractivity (Wildman–Crippen MR) is 66.1 cm³/mol. The molecule has 1 aliphatic carbocycles. The van der Waals surface area contributed by atoms with Crippen molar-refractivity contribution in [3.8, 4) is 0 Å².